The lowest BCUT2D eigenvalue weighted by atomic mass is 10.00. The number of hydrogen-bond donors (Lipinski definition) is 3. The molecule has 0 radical (unpaired) electrons. The number of anilines is 1. The molecule has 1 unspecified atom stereocenters. The van der Waals surface area contributed by atoms with Gasteiger partial charge in [-0.25, -0.2) is 9.37 Å². The number of pyridine rings is 2. The third-order valence-corrected chi connectivity index (χ3v) is 7.41. The number of halogens is 1. The molecule has 3 aromatic rings. The Morgan fingerprint density at radius 1 is 1.23 bits per heavy atom. The van der Waals surface area contributed by atoms with Crippen LogP contribution in [0.25, 0.3) is 10.8 Å². The molecule has 35 heavy (non-hydrogen) atoms. The van der Waals surface area contributed by atoms with Crippen molar-refractivity contribution in [1.29, 1.82) is 5.26 Å². The first kappa shape index (κ1) is 23.4. The number of aliphatic hydroxyl groups is 1. The van der Waals surface area contributed by atoms with Crippen molar-refractivity contribution in [3.63, 3.8) is 0 Å². The molecule has 9 heteroatoms. The first-order valence-electron chi connectivity index (χ1n) is 12.0. The number of hydrogen-bond acceptors (Lipinski definition) is 7. The highest BCUT2D eigenvalue weighted by atomic mass is 19.1. The van der Waals surface area contributed by atoms with E-state index in [9.17, 15) is 19.6 Å². The van der Waals surface area contributed by atoms with Crippen molar-refractivity contribution in [1.82, 2.24) is 20.2 Å². The van der Waals surface area contributed by atoms with E-state index in [1.54, 1.807) is 25.2 Å². The SMILES string of the molecule is CNC(O)c1ccc(N2CCN([C@@H]3CC[C@@H](c4cc5cccc(F)c5c(=O)[nH]4)C3)CC2)c(C#N)n1. The van der Waals surface area contributed by atoms with Gasteiger partial charge < -0.3 is 15.0 Å². The Kier molecular flexibility index (Phi) is 6.52. The minimum absolute atomic E-state index is 0.127. The zero-order chi connectivity index (χ0) is 24.5. The normalized spacial score (nSPS) is 21.8. The predicted octanol–water partition coefficient (Wildman–Crippen LogP) is 2.60. The van der Waals surface area contributed by atoms with Crippen LogP contribution in [-0.2, 0) is 0 Å². The second kappa shape index (κ2) is 9.74. The Balaban J connectivity index is 1.24. The molecule has 1 saturated heterocycles. The van der Waals surface area contributed by atoms with Gasteiger partial charge in [-0.15, -0.1) is 0 Å². The van der Waals surface area contributed by atoms with Crippen LogP contribution in [0.5, 0.6) is 0 Å². The second-order valence-corrected chi connectivity index (χ2v) is 9.35. The Bertz CT molecular complexity index is 1330. The summed E-state index contributed by atoms with van der Waals surface area (Å²) < 4.78 is 14.1. The first-order valence-corrected chi connectivity index (χ1v) is 12.0. The molecular weight excluding hydrogens is 447 g/mol. The van der Waals surface area contributed by atoms with Crippen LogP contribution in [-0.4, -0.2) is 59.2 Å². The molecule has 2 aromatic heterocycles. The van der Waals surface area contributed by atoms with Gasteiger partial charge in [0, 0.05) is 43.8 Å². The number of aliphatic hydroxyl groups excluding tert-OH is 1. The third-order valence-electron chi connectivity index (χ3n) is 7.41. The van der Waals surface area contributed by atoms with Crippen molar-refractivity contribution in [3.05, 3.63) is 69.7 Å². The molecule has 1 aromatic carbocycles. The standard InChI is InChI=1S/C26H29FN6O2/c1-29-25(34)20-7-8-23(22(15-28)30-20)33-11-9-32(10-12-33)18-6-5-16(13-18)21-14-17-3-2-4-19(27)24(17)26(35)31-21/h2-4,7-8,14,16,18,25,29,34H,5-6,9-13H2,1H3,(H,31,35)/t16-,18-,25?/m1/s1. The summed E-state index contributed by atoms with van der Waals surface area (Å²) in [5.41, 5.74) is 2.08. The molecule has 1 aliphatic heterocycles. The number of fused-ring (bicyclic) bond motifs is 1. The molecule has 3 heterocycles. The summed E-state index contributed by atoms with van der Waals surface area (Å²) in [6.07, 6.45) is 2.09. The van der Waals surface area contributed by atoms with E-state index in [1.807, 2.05) is 12.1 Å². The van der Waals surface area contributed by atoms with Crippen LogP contribution in [0.4, 0.5) is 10.1 Å². The molecular formula is C26H29FN6O2. The smallest absolute Gasteiger partial charge is 0.259 e. The molecule has 2 aliphatic rings. The molecule has 3 atom stereocenters. The van der Waals surface area contributed by atoms with Crippen molar-refractivity contribution >= 4 is 16.5 Å². The monoisotopic (exact) mass is 476 g/mol. The Labute approximate surface area is 203 Å². The highest BCUT2D eigenvalue weighted by molar-refractivity contribution is 5.82. The number of aromatic nitrogens is 2. The highest BCUT2D eigenvalue weighted by Gasteiger charge is 2.33. The second-order valence-electron chi connectivity index (χ2n) is 9.35. The predicted molar refractivity (Wildman–Crippen MR) is 132 cm³/mol. The average molecular weight is 477 g/mol. The maximum atomic E-state index is 14.1. The largest absolute Gasteiger partial charge is 0.373 e. The van der Waals surface area contributed by atoms with E-state index in [-0.39, 0.29) is 16.9 Å². The molecule has 0 amide bonds. The maximum Gasteiger partial charge on any atom is 0.259 e. The Hall–Kier alpha value is -3.32. The molecule has 1 aliphatic carbocycles. The van der Waals surface area contributed by atoms with Gasteiger partial charge in [0.2, 0.25) is 0 Å². The fraction of sp³-hybridized carbons (Fsp3) is 0.423. The summed E-state index contributed by atoms with van der Waals surface area (Å²) in [5.74, 6) is -0.237. The molecule has 5 rings (SSSR count). The van der Waals surface area contributed by atoms with E-state index < -0.39 is 12.0 Å². The van der Waals surface area contributed by atoms with Crippen LogP contribution in [0.3, 0.4) is 0 Å². The van der Waals surface area contributed by atoms with E-state index in [1.165, 1.54) is 6.07 Å². The topological polar surface area (TPSA) is 108 Å². The van der Waals surface area contributed by atoms with E-state index in [0.717, 1.165) is 56.8 Å². The van der Waals surface area contributed by atoms with Crippen LogP contribution in [0.1, 0.15) is 48.5 Å². The number of piperazine rings is 1. The minimum Gasteiger partial charge on any atom is -0.373 e. The number of benzene rings is 1. The number of nitrogens with one attached hydrogen (secondary N) is 2. The maximum absolute atomic E-state index is 14.1. The third kappa shape index (κ3) is 4.52. The Morgan fingerprint density at radius 3 is 2.77 bits per heavy atom. The van der Waals surface area contributed by atoms with Crippen LogP contribution in [0, 0.1) is 17.1 Å². The van der Waals surface area contributed by atoms with E-state index in [2.05, 4.69) is 31.2 Å². The number of rotatable bonds is 5. The number of nitrogens with zero attached hydrogens (tertiary/aromatic N) is 4. The van der Waals surface area contributed by atoms with E-state index >= 15 is 0 Å². The minimum atomic E-state index is -0.903. The quantitative estimate of drug-likeness (QED) is 0.486. The summed E-state index contributed by atoms with van der Waals surface area (Å²) in [6.45, 7) is 3.33. The van der Waals surface area contributed by atoms with Crippen molar-refractivity contribution < 1.29 is 9.50 Å². The number of nitriles is 1. The molecule has 182 valence electrons. The van der Waals surface area contributed by atoms with Crippen molar-refractivity contribution in [3.8, 4) is 6.07 Å². The van der Waals surface area contributed by atoms with Gasteiger partial charge >= 0.3 is 0 Å². The molecule has 0 spiro atoms. The van der Waals surface area contributed by atoms with Gasteiger partial charge in [-0.1, -0.05) is 12.1 Å². The molecule has 1 saturated carbocycles. The molecule has 0 bridgehead atoms. The van der Waals surface area contributed by atoms with Gasteiger partial charge in [0.05, 0.1) is 16.8 Å². The van der Waals surface area contributed by atoms with Crippen LogP contribution in [0.2, 0.25) is 0 Å². The average Bonchev–Trinajstić information content (AvgIpc) is 3.38. The van der Waals surface area contributed by atoms with Crippen molar-refractivity contribution in [2.45, 2.75) is 37.5 Å². The number of H-pyrrole nitrogens is 1. The molecule has 8 nitrogen and oxygen atoms in total. The summed E-state index contributed by atoms with van der Waals surface area (Å²) in [6, 6.07) is 12.9. The number of aromatic amines is 1. The van der Waals surface area contributed by atoms with Gasteiger partial charge in [-0.2, -0.15) is 5.26 Å². The lowest BCUT2D eigenvalue weighted by Gasteiger charge is -2.39. The van der Waals surface area contributed by atoms with Crippen molar-refractivity contribution in [2.24, 2.45) is 0 Å². The first-order chi connectivity index (χ1) is 17.0. The lowest BCUT2D eigenvalue weighted by Crippen LogP contribution is -2.50. The van der Waals surface area contributed by atoms with Crippen LogP contribution >= 0.6 is 0 Å². The summed E-state index contributed by atoms with van der Waals surface area (Å²) in [5, 5.41) is 23.0. The fourth-order valence-corrected chi connectivity index (χ4v) is 5.52. The van der Waals surface area contributed by atoms with Gasteiger partial charge in [0.25, 0.3) is 5.56 Å². The summed E-state index contributed by atoms with van der Waals surface area (Å²) >= 11 is 0. The van der Waals surface area contributed by atoms with Gasteiger partial charge in [-0.05, 0) is 56.0 Å². The lowest BCUT2D eigenvalue weighted by molar-refractivity contribution is 0.144. The highest BCUT2D eigenvalue weighted by Crippen LogP contribution is 2.37. The van der Waals surface area contributed by atoms with E-state index in [0.29, 0.717) is 22.8 Å². The fourth-order valence-electron chi connectivity index (χ4n) is 5.52. The van der Waals surface area contributed by atoms with Gasteiger partial charge in [0.15, 0.2) is 5.69 Å². The Morgan fingerprint density at radius 2 is 2.03 bits per heavy atom. The van der Waals surface area contributed by atoms with Gasteiger partial charge in [-0.3, -0.25) is 15.0 Å². The zero-order valence-electron chi connectivity index (χ0n) is 19.7. The van der Waals surface area contributed by atoms with Crippen molar-refractivity contribution in [2.75, 3.05) is 38.1 Å². The zero-order valence-corrected chi connectivity index (χ0v) is 19.7. The summed E-state index contributed by atoms with van der Waals surface area (Å²) in [7, 11) is 1.64. The van der Waals surface area contributed by atoms with Gasteiger partial charge in [0.1, 0.15) is 18.1 Å². The molecule has 2 fully saturated rings. The molecule has 3 N–H and O–H groups in total. The van der Waals surface area contributed by atoms with E-state index in [4.69, 9.17) is 0 Å². The van der Waals surface area contributed by atoms with Crippen LogP contribution < -0.4 is 15.8 Å². The van der Waals surface area contributed by atoms with Crippen LogP contribution in [0.15, 0.2) is 41.2 Å². The summed E-state index contributed by atoms with van der Waals surface area (Å²) in [4.78, 5) is 24.4.